The number of urea groups is 1. The predicted octanol–water partition coefficient (Wildman–Crippen LogP) is 5.19. The molecule has 34 heavy (non-hydrogen) atoms. The largest absolute Gasteiger partial charge is 0.493 e. The van der Waals surface area contributed by atoms with Crippen LogP contribution in [0.25, 0.3) is 17.0 Å². The Morgan fingerprint density at radius 2 is 1.85 bits per heavy atom. The molecule has 1 aromatic heterocycles. The summed E-state index contributed by atoms with van der Waals surface area (Å²) in [5.41, 5.74) is 2.78. The first-order chi connectivity index (χ1) is 16.5. The van der Waals surface area contributed by atoms with Crippen molar-refractivity contribution >= 4 is 11.6 Å². The van der Waals surface area contributed by atoms with Gasteiger partial charge in [-0.3, -0.25) is 4.90 Å². The summed E-state index contributed by atoms with van der Waals surface area (Å²) in [4.78, 5) is 19.2. The quantitative estimate of drug-likeness (QED) is 0.491. The minimum absolute atomic E-state index is 0.219. The van der Waals surface area contributed by atoms with Gasteiger partial charge in [0.2, 0.25) is 5.82 Å². The summed E-state index contributed by atoms with van der Waals surface area (Å²) in [5.74, 6) is 1.42. The van der Waals surface area contributed by atoms with Crippen molar-refractivity contribution in [2.45, 2.75) is 32.7 Å². The zero-order chi connectivity index (χ0) is 24.2. The van der Waals surface area contributed by atoms with Crippen molar-refractivity contribution in [1.82, 2.24) is 20.4 Å². The lowest BCUT2D eigenvalue weighted by molar-refractivity contribution is 0.204. The topological polar surface area (TPSA) is 89.7 Å². The molecule has 0 saturated heterocycles. The van der Waals surface area contributed by atoms with Crippen molar-refractivity contribution < 1.29 is 23.2 Å². The second kappa shape index (κ2) is 9.94. The molecule has 178 valence electrons. The van der Waals surface area contributed by atoms with Gasteiger partial charge in [0.15, 0.2) is 11.5 Å². The molecule has 9 heteroatoms. The van der Waals surface area contributed by atoms with Crippen LogP contribution in [-0.4, -0.2) is 41.8 Å². The van der Waals surface area contributed by atoms with Crippen LogP contribution >= 0.6 is 0 Å². The number of nitrogens with zero attached hydrogens (tertiary/aromatic N) is 3. The summed E-state index contributed by atoms with van der Waals surface area (Å²) in [5, 5.41) is 7.18. The molecule has 0 saturated carbocycles. The molecule has 4 rings (SSSR count). The molecule has 0 aliphatic carbocycles. The Morgan fingerprint density at radius 3 is 2.53 bits per heavy atom. The number of rotatable bonds is 8. The third-order valence-electron chi connectivity index (χ3n) is 5.83. The number of hydrogen-bond acceptors (Lipinski definition) is 6. The number of aromatic nitrogens is 2. The molecule has 0 spiro atoms. The number of ether oxygens (including phenoxy) is 2. The van der Waals surface area contributed by atoms with E-state index in [2.05, 4.69) is 22.4 Å². The normalized spacial score (nSPS) is 16.0. The first-order valence-electron chi connectivity index (χ1n) is 11.1. The first kappa shape index (κ1) is 23.3. The first-order valence-corrected chi connectivity index (χ1v) is 11.1. The molecule has 3 aromatic rings. The Kier molecular flexibility index (Phi) is 6.81. The average Bonchev–Trinajstić information content (AvgIpc) is 3.33. The number of carbonyl (C=O) groups is 1. The molecular weight excluding hydrogens is 439 g/mol. The standard InChI is InChI=1S/C25H27FN4O4/c1-5-6-13-30-15(2)21(22(27-25(30)31)16-7-10-18(26)11-8-16)24-28-23(29-34-24)17-9-12-19(32-3)20(14-17)33-4/h7-12,14,22H,5-6,13H2,1-4H3,(H,27,31). The number of nitrogens with one attached hydrogen (secondary N) is 1. The predicted molar refractivity (Wildman–Crippen MR) is 125 cm³/mol. The van der Waals surface area contributed by atoms with E-state index in [0.29, 0.717) is 46.3 Å². The SMILES string of the molecule is CCCCN1C(=O)NC(c2ccc(F)cc2)C(c2nc(-c3ccc(OC)c(OC)c3)no2)=C1C. The van der Waals surface area contributed by atoms with E-state index in [1.165, 1.54) is 12.1 Å². The van der Waals surface area contributed by atoms with E-state index in [-0.39, 0.29) is 17.7 Å². The van der Waals surface area contributed by atoms with E-state index in [1.807, 2.05) is 13.0 Å². The third-order valence-corrected chi connectivity index (χ3v) is 5.83. The second-order valence-corrected chi connectivity index (χ2v) is 7.93. The fraction of sp³-hybridized carbons (Fsp3) is 0.320. The van der Waals surface area contributed by atoms with Gasteiger partial charge in [0, 0.05) is 17.8 Å². The van der Waals surface area contributed by atoms with Crippen molar-refractivity contribution in [3.05, 3.63) is 65.4 Å². The van der Waals surface area contributed by atoms with Crippen LogP contribution in [0.1, 0.15) is 44.2 Å². The molecule has 2 amide bonds. The zero-order valence-corrected chi connectivity index (χ0v) is 19.6. The second-order valence-electron chi connectivity index (χ2n) is 7.93. The molecule has 1 aliphatic heterocycles. The molecule has 2 heterocycles. The molecule has 0 radical (unpaired) electrons. The van der Waals surface area contributed by atoms with Gasteiger partial charge < -0.3 is 19.3 Å². The lowest BCUT2D eigenvalue weighted by Gasteiger charge is -2.35. The number of methoxy groups -OCH3 is 2. The van der Waals surface area contributed by atoms with Gasteiger partial charge in [-0.2, -0.15) is 4.98 Å². The van der Waals surface area contributed by atoms with E-state index >= 15 is 0 Å². The monoisotopic (exact) mass is 466 g/mol. The van der Waals surface area contributed by atoms with E-state index < -0.39 is 6.04 Å². The van der Waals surface area contributed by atoms with Gasteiger partial charge in [0.25, 0.3) is 5.89 Å². The van der Waals surface area contributed by atoms with Crippen LogP contribution in [0.2, 0.25) is 0 Å². The highest BCUT2D eigenvalue weighted by Gasteiger charge is 2.35. The van der Waals surface area contributed by atoms with Gasteiger partial charge in [-0.25, -0.2) is 9.18 Å². The van der Waals surface area contributed by atoms with Gasteiger partial charge >= 0.3 is 6.03 Å². The summed E-state index contributed by atoms with van der Waals surface area (Å²) in [6.45, 7) is 4.49. The number of halogens is 1. The van der Waals surface area contributed by atoms with Crippen molar-refractivity contribution in [2.75, 3.05) is 20.8 Å². The fourth-order valence-electron chi connectivity index (χ4n) is 3.97. The Morgan fingerprint density at radius 1 is 1.12 bits per heavy atom. The summed E-state index contributed by atoms with van der Waals surface area (Å²) in [6, 6.07) is 10.6. The molecule has 1 atom stereocenters. The summed E-state index contributed by atoms with van der Waals surface area (Å²) in [6.07, 6.45) is 1.79. The highest BCUT2D eigenvalue weighted by Crippen LogP contribution is 2.38. The average molecular weight is 467 g/mol. The van der Waals surface area contributed by atoms with Crippen LogP contribution in [0.4, 0.5) is 9.18 Å². The van der Waals surface area contributed by atoms with Crippen LogP contribution < -0.4 is 14.8 Å². The number of carbonyl (C=O) groups excluding carboxylic acids is 1. The maximum atomic E-state index is 13.6. The van der Waals surface area contributed by atoms with E-state index in [4.69, 9.17) is 14.0 Å². The fourth-order valence-corrected chi connectivity index (χ4v) is 3.97. The maximum Gasteiger partial charge on any atom is 0.322 e. The highest BCUT2D eigenvalue weighted by molar-refractivity contribution is 5.86. The van der Waals surface area contributed by atoms with Gasteiger partial charge in [-0.1, -0.05) is 30.6 Å². The van der Waals surface area contributed by atoms with Crippen molar-refractivity contribution in [3.63, 3.8) is 0 Å². The van der Waals surface area contributed by atoms with Crippen molar-refractivity contribution in [3.8, 4) is 22.9 Å². The minimum Gasteiger partial charge on any atom is -0.493 e. The number of benzene rings is 2. The van der Waals surface area contributed by atoms with Gasteiger partial charge in [0.1, 0.15) is 5.82 Å². The van der Waals surface area contributed by atoms with Crippen molar-refractivity contribution in [2.24, 2.45) is 0 Å². The Bertz CT molecular complexity index is 1210. The van der Waals surface area contributed by atoms with Crippen LogP contribution in [-0.2, 0) is 0 Å². The number of allylic oxidation sites excluding steroid dienone is 1. The zero-order valence-electron chi connectivity index (χ0n) is 19.6. The Labute approximate surface area is 197 Å². The molecule has 0 bridgehead atoms. The van der Waals surface area contributed by atoms with E-state index in [9.17, 15) is 9.18 Å². The number of hydrogen-bond donors (Lipinski definition) is 1. The molecule has 1 aliphatic rings. The number of unbranched alkanes of at least 4 members (excludes halogenated alkanes) is 1. The van der Waals surface area contributed by atoms with Crippen LogP contribution in [0.3, 0.4) is 0 Å². The number of amides is 2. The molecule has 8 nitrogen and oxygen atoms in total. The molecule has 1 N–H and O–H groups in total. The summed E-state index contributed by atoms with van der Waals surface area (Å²) < 4.78 is 29.9. The van der Waals surface area contributed by atoms with Crippen molar-refractivity contribution in [1.29, 1.82) is 0 Å². The smallest absolute Gasteiger partial charge is 0.322 e. The Hall–Kier alpha value is -3.88. The molecular formula is C25H27FN4O4. The van der Waals surface area contributed by atoms with E-state index in [0.717, 1.165) is 12.8 Å². The lowest BCUT2D eigenvalue weighted by atomic mass is 9.94. The van der Waals surface area contributed by atoms with Crippen LogP contribution in [0.15, 0.2) is 52.7 Å². The molecule has 0 fully saturated rings. The van der Waals surface area contributed by atoms with Gasteiger partial charge in [0.05, 0.1) is 25.8 Å². The minimum atomic E-state index is -0.565. The highest BCUT2D eigenvalue weighted by atomic mass is 19.1. The summed E-state index contributed by atoms with van der Waals surface area (Å²) >= 11 is 0. The lowest BCUT2D eigenvalue weighted by Crippen LogP contribution is -2.46. The summed E-state index contributed by atoms with van der Waals surface area (Å²) in [7, 11) is 3.12. The third kappa shape index (κ3) is 4.46. The van der Waals surface area contributed by atoms with Crippen LogP contribution in [0, 0.1) is 5.82 Å². The Balaban J connectivity index is 1.78. The molecule has 1 unspecified atom stereocenters. The van der Waals surface area contributed by atoms with Crippen LogP contribution in [0.5, 0.6) is 11.5 Å². The van der Waals surface area contributed by atoms with Gasteiger partial charge in [-0.15, -0.1) is 0 Å². The molecule has 2 aromatic carbocycles. The maximum absolute atomic E-state index is 13.6. The van der Waals surface area contributed by atoms with E-state index in [1.54, 1.807) is 43.4 Å². The van der Waals surface area contributed by atoms with Gasteiger partial charge in [-0.05, 0) is 49.2 Å².